The van der Waals surface area contributed by atoms with Gasteiger partial charge in [0.25, 0.3) is 0 Å². The van der Waals surface area contributed by atoms with E-state index in [9.17, 15) is 14.4 Å². The number of unbranched alkanes of at least 4 members (excludes halogenated alkanes) is 28. The van der Waals surface area contributed by atoms with E-state index in [-0.39, 0.29) is 31.1 Å². The molecular weight excluding hydrogens is 865 g/mol. The number of carbonyl (C=O) groups excluding carboxylic acids is 3. The Morgan fingerprint density at radius 1 is 0.300 bits per heavy atom. The molecule has 0 aromatic heterocycles. The van der Waals surface area contributed by atoms with Gasteiger partial charge in [0.1, 0.15) is 13.2 Å². The zero-order valence-corrected chi connectivity index (χ0v) is 46.0. The van der Waals surface area contributed by atoms with Gasteiger partial charge in [0.15, 0.2) is 6.10 Å². The normalized spacial score (nSPS) is 12.7. The lowest BCUT2D eigenvalue weighted by Gasteiger charge is -2.18. The highest BCUT2D eigenvalue weighted by molar-refractivity contribution is 5.71. The molecule has 0 aliphatic rings. The maximum atomic E-state index is 12.8. The fourth-order valence-electron chi connectivity index (χ4n) is 8.21. The number of carbonyl (C=O) groups is 3. The number of hydrogen-bond acceptors (Lipinski definition) is 6. The molecule has 6 nitrogen and oxygen atoms in total. The molecule has 0 spiro atoms. The van der Waals surface area contributed by atoms with Crippen molar-refractivity contribution < 1.29 is 28.6 Å². The van der Waals surface area contributed by atoms with E-state index < -0.39 is 6.10 Å². The standard InChI is InChI=1S/C64H110O6/c1-4-7-10-13-16-19-21-23-25-27-29-31-32-34-35-37-39-41-43-45-48-51-54-57-63(66)69-60-61(59-68-62(65)56-53-50-47-18-15-12-9-6-3)70-64(67)58-55-52-49-46-44-42-40-38-36-33-30-28-26-24-22-20-17-14-11-8-5-2/h7,10,16,19,22-25,28-31,34-35,61H,4-6,8-9,11-15,17-18,20-21,26-27,32-33,36-60H2,1-3H3/b10-7-,19-16-,24-22-,25-23-,30-28-,31-29-,35-34-. The van der Waals surface area contributed by atoms with Crippen molar-refractivity contribution in [2.45, 2.75) is 290 Å². The lowest BCUT2D eigenvalue weighted by molar-refractivity contribution is -0.167. The number of allylic oxidation sites excluding steroid dienone is 14. The lowest BCUT2D eigenvalue weighted by atomic mass is 10.1. The summed E-state index contributed by atoms with van der Waals surface area (Å²) in [6.07, 6.45) is 75.9. The van der Waals surface area contributed by atoms with E-state index in [1.54, 1.807) is 0 Å². The second kappa shape index (κ2) is 58.2. The second-order valence-corrected chi connectivity index (χ2v) is 19.5. The van der Waals surface area contributed by atoms with E-state index in [2.05, 4.69) is 106 Å². The molecule has 1 atom stereocenters. The molecule has 0 amide bonds. The van der Waals surface area contributed by atoms with Crippen LogP contribution in [0.3, 0.4) is 0 Å². The summed E-state index contributed by atoms with van der Waals surface area (Å²) in [4.78, 5) is 38.1. The van der Waals surface area contributed by atoms with E-state index in [0.29, 0.717) is 19.3 Å². The van der Waals surface area contributed by atoms with Gasteiger partial charge in [-0.2, -0.15) is 0 Å². The molecule has 0 rings (SSSR count). The minimum atomic E-state index is -0.782. The van der Waals surface area contributed by atoms with Crippen molar-refractivity contribution in [2.75, 3.05) is 13.2 Å². The maximum absolute atomic E-state index is 12.8. The van der Waals surface area contributed by atoms with E-state index in [0.717, 1.165) is 103 Å². The molecule has 0 radical (unpaired) electrons. The van der Waals surface area contributed by atoms with Gasteiger partial charge in [-0.25, -0.2) is 0 Å². The van der Waals surface area contributed by atoms with Crippen molar-refractivity contribution in [1.82, 2.24) is 0 Å². The number of hydrogen-bond donors (Lipinski definition) is 0. The molecule has 70 heavy (non-hydrogen) atoms. The Morgan fingerprint density at radius 3 is 0.871 bits per heavy atom. The average molecular weight is 976 g/mol. The van der Waals surface area contributed by atoms with Crippen LogP contribution in [0.25, 0.3) is 0 Å². The van der Waals surface area contributed by atoms with Gasteiger partial charge in [0, 0.05) is 19.3 Å². The Bertz CT molecular complexity index is 1350. The van der Waals surface area contributed by atoms with Crippen molar-refractivity contribution in [3.63, 3.8) is 0 Å². The summed E-state index contributed by atoms with van der Waals surface area (Å²) in [6, 6.07) is 0. The summed E-state index contributed by atoms with van der Waals surface area (Å²) >= 11 is 0. The van der Waals surface area contributed by atoms with E-state index in [1.165, 1.54) is 141 Å². The Hall–Kier alpha value is -3.41. The number of ether oxygens (including phenoxy) is 3. The first-order chi connectivity index (χ1) is 34.5. The van der Waals surface area contributed by atoms with Crippen molar-refractivity contribution >= 4 is 17.9 Å². The summed E-state index contributed by atoms with van der Waals surface area (Å²) in [5, 5.41) is 0. The first-order valence-electron chi connectivity index (χ1n) is 29.6. The first kappa shape index (κ1) is 66.6. The van der Waals surface area contributed by atoms with Crippen molar-refractivity contribution in [3.05, 3.63) is 85.1 Å². The van der Waals surface area contributed by atoms with Gasteiger partial charge in [0.2, 0.25) is 0 Å². The largest absolute Gasteiger partial charge is 0.462 e. The van der Waals surface area contributed by atoms with Gasteiger partial charge in [0.05, 0.1) is 0 Å². The Morgan fingerprint density at radius 2 is 0.557 bits per heavy atom. The number of rotatable bonds is 53. The summed E-state index contributed by atoms with van der Waals surface area (Å²) < 4.78 is 16.8. The smallest absolute Gasteiger partial charge is 0.306 e. The summed E-state index contributed by atoms with van der Waals surface area (Å²) in [5.74, 6) is -0.894. The molecule has 6 heteroatoms. The molecule has 0 saturated heterocycles. The van der Waals surface area contributed by atoms with E-state index in [4.69, 9.17) is 14.2 Å². The minimum absolute atomic E-state index is 0.0805. The van der Waals surface area contributed by atoms with Crippen LogP contribution in [0.2, 0.25) is 0 Å². The van der Waals surface area contributed by atoms with Crippen LogP contribution < -0.4 is 0 Å². The topological polar surface area (TPSA) is 78.9 Å². The fraction of sp³-hybridized carbons (Fsp3) is 0.734. The molecule has 0 heterocycles. The fourth-order valence-corrected chi connectivity index (χ4v) is 8.21. The Balaban J connectivity index is 4.26. The predicted octanol–water partition coefficient (Wildman–Crippen LogP) is 19.9. The van der Waals surface area contributed by atoms with Crippen LogP contribution in [-0.4, -0.2) is 37.2 Å². The molecule has 0 aromatic rings. The van der Waals surface area contributed by atoms with E-state index in [1.807, 2.05) is 0 Å². The van der Waals surface area contributed by atoms with Crippen molar-refractivity contribution in [2.24, 2.45) is 0 Å². The molecule has 0 bridgehead atoms. The van der Waals surface area contributed by atoms with Crippen LogP contribution in [0, 0.1) is 0 Å². The average Bonchev–Trinajstić information content (AvgIpc) is 3.36. The molecule has 0 aromatic carbocycles. The molecule has 0 N–H and O–H groups in total. The van der Waals surface area contributed by atoms with Crippen LogP contribution in [0.4, 0.5) is 0 Å². The first-order valence-corrected chi connectivity index (χ1v) is 29.6. The highest BCUT2D eigenvalue weighted by Crippen LogP contribution is 2.15. The van der Waals surface area contributed by atoms with Gasteiger partial charge in [-0.1, -0.05) is 254 Å². The zero-order valence-electron chi connectivity index (χ0n) is 46.0. The molecular formula is C64H110O6. The predicted molar refractivity (Wildman–Crippen MR) is 302 cm³/mol. The second-order valence-electron chi connectivity index (χ2n) is 19.5. The maximum Gasteiger partial charge on any atom is 0.306 e. The van der Waals surface area contributed by atoms with Crippen LogP contribution >= 0.6 is 0 Å². The summed E-state index contributed by atoms with van der Waals surface area (Å²) in [7, 11) is 0. The lowest BCUT2D eigenvalue weighted by Crippen LogP contribution is -2.30. The van der Waals surface area contributed by atoms with Gasteiger partial charge in [-0.05, 0) is 96.3 Å². The molecule has 0 saturated carbocycles. The summed E-state index contributed by atoms with van der Waals surface area (Å²) in [5.41, 5.74) is 0. The molecule has 0 aliphatic heterocycles. The van der Waals surface area contributed by atoms with Gasteiger partial charge in [-0.3, -0.25) is 14.4 Å². The van der Waals surface area contributed by atoms with Gasteiger partial charge in [-0.15, -0.1) is 0 Å². The Labute approximate surface area is 433 Å². The molecule has 0 fully saturated rings. The molecule has 1 unspecified atom stereocenters. The number of esters is 3. The third-order valence-corrected chi connectivity index (χ3v) is 12.6. The van der Waals surface area contributed by atoms with Crippen LogP contribution in [0.1, 0.15) is 284 Å². The van der Waals surface area contributed by atoms with Gasteiger partial charge >= 0.3 is 17.9 Å². The molecule has 0 aliphatic carbocycles. The quantitative estimate of drug-likeness (QED) is 0.0261. The SMILES string of the molecule is CC/C=C\C/C=C\C/C=C\C/C=C\C/C=C\CCCCCCCCCC(=O)OCC(COC(=O)CCCCCCCCCC)OC(=O)CCCCCCCCCCC/C=C\C/C=C\CCCCCCC. The monoisotopic (exact) mass is 975 g/mol. The van der Waals surface area contributed by atoms with Gasteiger partial charge < -0.3 is 14.2 Å². The summed E-state index contributed by atoms with van der Waals surface area (Å²) in [6.45, 7) is 6.49. The molecule has 402 valence electrons. The van der Waals surface area contributed by atoms with Crippen molar-refractivity contribution in [1.29, 1.82) is 0 Å². The Kier molecular flexibility index (Phi) is 55.3. The highest BCUT2D eigenvalue weighted by Gasteiger charge is 2.19. The van der Waals surface area contributed by atoms with Crippen LogP contribution in [0.15, 0.2) is 85.1 Å². The highest BCUT2D eigenvalue weighted by atomic mass is 16.6. The van der Waals surface area contributed by atoms with Crippen LogP contribution in [0.5, 0.6) is 0 Å². The minimum Gasteiger partial charge on any atom is -0.462 e. The van der Waals surface area contributed by atoms with Crippen molar-refractivity contribution in [3.8, 4) is 0 Å². The third-order valence-electron chi connectivity index (χ3n) is 12.6. The zero-order chi connectivity index (χ0) is 50.7. The van der Waals surface area contributed by atoms with E-state index >= 15 is 0 Å². The van der Waals surface area contributed by atoms with Crippen LogP contribution in [-0.2, 0) is 28.6 Å². The third kappa shape index (κ3) is 55.5.